The molecule has 19 heavy (non-hydrogen) atoms. The van der Waals surface area contributed by atoms with Gasteiger partial charge in [0, 0.05) is 24.2 Å². The monoisotopic (exact) mass is 260 g/mol. The number of fused-ring (bicyclic) bond motifs is 3. The Morgan fingerprint density at radius 1 is 1.32 bits per heavy atom. The van der Waals surface area contributed by atoms with Crippen LogP contribution in [0.15, 0.2) is 17.2 Å². The summed E-state index contributed by atoms with van der Waals surface area (Å²) in [4.78, 5) is 18.2. The Labute approximate surface area is 109 Å². The number of aromatic nitrogens is 4. The molecule has 0 amide bonds. The molecule has 2 aliphatic rings. The first-order valence-electron chi connectivity index (χ1n) is 6.69. The number of aromatic amines is 1. The molecule has 7 heteroatoms. The van der Waals surface area contributed by atoms with E-state index >= 15 is 0 Å². The Kier molecular flexibility index (Phi) is 2.20. The Hall–Kier alpha value is -1.89. The maximum Gasteiger partial charge on any atom is 0.348 e. The van der Waals surface area contributed by atoms with Crippen molar-refractivity contribution < 1.29 is 0 Å². The second-order valence-electron chi connectivity index (χ2n) is 5.53. The molecule has 4 rings (SSSR count). The van der Waals surface area contributed by atoms with Crippen molar-refractivity contribution in [2.24, 2.45) is 5.73 Å². The number of hydrogen-bond donors (Lipinski definition) is 2. The van der Waals surface area contributed by atoms with Gasteiger partial charge in [-0.3, -0.25) is 0 Å². The standard InChI is InChI=1S/C12H16N6O/c13-7-3-8-1-2-9(4-7)18(8)10-5-11-15-16-12(19)17(11)6-14-10/h5-9H,1-4,13H2,(H,16,19). The Morgan fingerprint density at radius 3 is 2.79 bits per heavy atom. The fourth-order valence-corrected chi connectivity index (χ4v) is 3.53. The number of rotatable bonds is 1. The number of nitrogens with two attached hydrogens (primary N) is 1. The van der Waals surface area contributed by atoms with Gasteiger partial charge in [0.1, 0.15) is 12.1 Å². The molecule has 2 fully saturated rings. The summed E-state index contributed by atoms with van der Waals surface area (Å²) in [6.07, 6.45) is 5.95. The molecule has 2 saturated heterocycles. The highest BCUT2D eigenvalue weighted by Crippen LogP contribution is 2.37. The van der Waals surface area contributed by atoms with E-state index in [9.17, 15) is 4.79 Å². The van der Waals surface area contributed by atoms with Crippen LogP contribution < -0.4 is 16.3 Å². The SMILES string of the molecule is NC1CC2CCC(C1)N2c1cc2n[nH]c(=O)n2cn1. The lowest BCUT2D eigenvalue weighted by Crippen LogP contribution is -2.47. The first-order chi connectivity index (χ1) is 9.22. The normalized spacial score (nSPS) is 30.2. The van der Waals surface area contributed by atoms with Crippen LogP contribution in [0.3, 0.4) is 0 Å². The first-order valence-corrected chi connectivity index (χ1v) is 6.69. The summed E-state index contributed by atoms with van der Waals surface area (Å²) in [6.45, 7) is 0. The summed E-state index contributed by atoms with van der Waals surface area (Å²) in [6, 6.07) is 3.15. The zero-order valence-corrected chi connectivity index (χ0v) is 10.5. The van der Waals surface area contributed by atoms with Gasteiger partial charge in [-0.25, -0.2) is 19.3 Å². The number of piperidine rings is 1. The highest BCUT2D eigenvalue weighted by atomic mass is 16.1. The van der Waals surface area contributed by atoms with Gasteiger partial charge in [0.2, 0.25) is 0 Å². The molecule has 100 valence electrons. The number of nitrogens with zero attached hydrogens (tertiary/aromatic N) is 4. The average molecular weight is 260 g/mol. The van der Waals surface area contributed by atoms with E-state index in [4.69, 9.17) is 5.73 Å². The van der Waals surface area contributed by atoms with Gasteiger partial charge in [-0.15, -0.1) is 0 Å². The molecule has 0 radical (unpaired) electrons. The molecule has 0 spiro atoms. The molecule has 7 nitrogen and oxygen atoms in total. The maximum absolute atomic E-state index is 11.4. The molecule has 2 aromatic rings. The number of H-pyrrole nitrogens is 1. The van der Waals surface area contributed by atoms with Crippen molar-refractivity contribution in [1.82, 2.24) is 19.6 Å². The van der Waals surface area contributed by atoms with Crippen LogP contribution in [0, 0.1) is 0 Å². The molecule has 0 aliphatic carbocycles. The van der Waals surface area contributed by atoms with Crippen LogP contribution in [0.5, 0.6) is 0 Å². The molecule has 2 aromatic heterocycles. The van der Waals surface area contributed by atoms with Crippen LogP contribution in [0.2, 0.25) is 0 Å². The van der Waals surface area contributed by atoms with Gasteiger partial charge < -0.3 is 10.6 Å². The Morgan fingerprint density at radius 2 is 2.05 bits per heavy atom. The molecule has 2 atom stereocenters. The van der Waals surface area contributed by atoms with Crippen molar-refractivity contribution in [3.05, 3.63) is 22.9 Å². The van der Waals surface area contributed by atoms with Gasteiger partial charge in [-0.2, -0.15) is 5.10 Å². The van der Waals surface area contributed by atoms with E-state index < -0.39 is 0 Å². The third-order valence-electron chi connectivity index (χ3n) is 4.33. The van der Waals surface area contributed by atoms with Gasteiger partial charge in [0.25, 0.3) is 0 Å². The van der Waals surface area contributed by atoms with Crippen molar-refractivity contribution in [2.45, 2.75) is 43.8 Å². The summed E-state index contributed by atoms with van der Waals surface area (Å²) < 4.78 is 1.42. The molecule has 2 aliphatic heterocycles. The van der Waals surface area contributed by atoms with Crippen molar-refractivity contribution in [3.63, 3.8) is 0 Å². The maximum atomic E-state index is 11.4. The molecular formula is C12H16N6O. The molecule has 0 saturated carbocycles. The van der Waals surface area contributed by atoms with Crippen LogP contribution in [-0.2, 0) is 0 Å². The quantitative estimate of drug-likeness (QED) is 0.745. The third-order valence-corrected chi connectivity index (χ3v) is 4.33. The van der Waals surface area contributed by atoms with Crippen LogP contribution in [0.1, 0.15) is 25.7 Å². The van der Waals surface area contributed by atoms with Gasteiger partial charge in [0.05, 0.1) is 0 Å². The summed E-state index contributed by atoms with van der Waals surface area (Å²) >= 11 is 0. The largest absolute Gasteiger partial charge is 0.350 e. The molecule has 3 N–H and O–H groups in total. The third kappa shape index (κ3) is 1.58. The highest BCUT2D eigenvalue weighted by molar-refractivity contribution is 5.52. The van der Waals surface area contributed by atoms with E-state index in [-0.39, 0.29) is 5.69 Å². The van der Waals surface area contributed by atoms with Crippen LogP contribution in [0.4, 0.5) is 5.82 Å². The first kappa shape index (κ1) is 11.0. The second kappa shape index (κ2) is 3.80. The van der Waals surface area contributed by atoms with Crippen LogP contribution in [0.25, 0.3) is 5.65 Å². The van der Waals surface area contributed by atoms with Crippen molar-refractivity contribution in [1.29, 1.82) is 0 Å². The number of nitrogens with one attached hydrogen (secondary N) is 1. The second-order valence-corrected chi connectivity index (χ2v) is 5.53. The minimum absolute atomic E-state index is 0.252. The Bertz CT molecular complexity index is 662. The fraction of sp³-hybridized carbons (Fsp3) is 0.583. The average Bonchev–Trinajstić information content (AvgIpc) is 2.89. The number of hydrogen-bond acceptors (Lipinski definition) is 5. The predicted molar refractivity (Wildman–Crippen MR) is 70.1 cm³/mol. The number of anilines is 1. The van der Waals surface area contributed by atoms with Gasteiger partial charge in [-0.05, 0) is 25.7 Å². The lowest BCUT2D eigenvalue weighted by molar-refractivity contribution is 0.412. The minimum Gasteiger partial charge on any atom is -0.350 e. The van der Waals surface area contributed by atoms with E-state index in [0.29, 0.717) is 23.8 Å². The van der Waals surface area contributed by atoms with Gasteiger partial charge in [0.15, 0.2) is 5.65 Å². The summed E-state index contributed by atoms with van der Waals surface area (Å²) in [5.41, 5.74) is 6.44. The van der Waals surface area contributed by atoms with Crippen molar-refractivity contribution in [3.8, 4) is 0 Å². The summed E-state index contributed by atoms with van der Waals surface area (Å²) in [5, 5.41) is 6.42. The Balaban J connectivity index is 1.76. The summed E-state index contributed by atoms with van der Waals surface area (Å²) in [5.74, 6) is 0.908. The van der Waals surface area contributed by atoms with Crippen LogP contribution in [-0.4, -0.2) is 37.7 Å². The molecular weight excluding hydrogens is 244 g/mol. The van der Waals surface area contributed by atoms with E-state index in [1.165, 1.54) is 17.2 Å². The molecule has 4 heterocycles. The molecule has 0 aromatic carbocycles. The van der Waals surface area contributed by atoms with Crippen molar-refractivity contribution >= 4 is 11.5 Å². The van der Waals surface area contributed by atoms with Gasteiger partial charge in [-0.1, -0.05) is 0 Å². The van der Waals surface area contributed by atoms with Crippen molar-refractivity contribution in [2.75, 3.05) is 4.90 Å². The van der Waals surface area contributed by atoms with E-state index in [1.807, 2.05) is 6.07 Å². The predicted octanol–water partition coefficient (Wildman–Crippen LogP) is -0.124. The van der Waals surface area contributed by atoms with E-state index in [0.717, 1.165) is 18.7 Å². The molecule has 2 unspecified atom stereocenters. The lowest BCUT2D eigenvalue weighted by Gasteiger charge is -2.38. The van der Waals surface area contributed by atoms with Crippen LogP contribution >= 0.6 is 0 Å². The zero-order valence-electron chi connectivity index (χ0n) is 10.5. The fourth-order valence-electron chi connectivity index (χ4n) is 3.53. The van der Waals surface area contributed by atoms with E-state index in [1.54, 1.807) is 6.33 Å². The lowest BCUT2D eigenvalue weighted by atomic mass is 9.98. The van der Waals surface area contributed by atoms with E-state index in [2.05, 4.69) is 20.1 Å². The highest BCUT2D eigenvalue weighted by Gasteiger charge is 2.40. The minimum atomic E-state index is -0.252. The smallest absolute Gasteiger partial charge is 0.348 e. The topological polar surface area (TPSA) is 92.3 Å². The summed E-state index contributed by atoms with van der Waals surface area (Å²) in [7, 11) is 0. The zero-order chi connectivity index (χ0) is 13.0. The molecule has 2 bridgehead atoms. The van der Waals surface area contributed by atoms with Gasteiger partial charge >= 0.3 is 5.69 Å².